The van der Waals surface area contributed by atoms with Crippen LogP contribution in [0.25, 0.3) is 0 Å². The van der Waals surface area contributed by atoms with Crippen molar-refractivity contribution < 1.29 is 9.53 Å². The monoisotopic (exact) mass is 290 g/mol. The summed E-state index contributed by atoms with van der Waals surface area (Å²) in [5.41, 5.74) is 1.12. The SMILES string of the molecule is CN(C)C(=O)Oc1ccccc1CCC1CCCCN1C. The Labute approximate surface area is 127 Å². The number of aryl methyl sites for hydroxylation is 1. The molecule has 1 aromatic carbocycles. The minimum absolute atomic E-state index is 0.322. The Hall–Kier alpha value is -1.55. The average Bonchev–Trinajstić information content (AvgIpc) is 2.47. The van der Waals surface area contributed by atoms with E-state index in [9.17, 15) is 4.79 Å². The molecular weight excluding hydrogens is 264 g/mol. The Balaban J connectivity index is 1.97. The molecule has 4 nitrogen and oxygen atoms in total. The maximum Gasteiger partial charge on any atom is 0.414 e. The highest BCUT2D eigenvalue weighted by atomic mass is 16.6. The van der Waals surface area contributed by atoms with E-state index in [1.807, 2.05) is 18.2 Å². The number of para-hydroxylation sites is 1. The van der Waals surface area contributed by atoms with Crippen molar-refractivity contribution in [3.05, 3.63) is 29.8 Å². The first-order chi connectivity index (χ1) is 10.1. The van der Waals surface area contributed by atoms with Crippen LogP contribution in [0.15, 0.2) is 24.3 Å². The largest absolute Gasteiger partial charge is 0.414 e. The fraction of sp³-hybridized carbons (Fsp3) is 0.588. The van der Waals surface area contributed by atoms with Crippen molar-refractivity contribution in [2.24, 2.45) is 0 Å². The van der Waals surface area contributed by atoms with E-state index in [4.69, 9.17) is 4.74 Å². The van der Waals surface area contributed by atoms with Crippen LogP contribution >= 0.6 is 0 Å². The van der Waals surface area contributed by atoms with Gasteiger partial charge >= 0.3 is 6.09 Å². The van der Waals surface area contributed by atoms with Crippen LogP contribution in [0.4, 0.5) is 4.79 Å². The summed E-state index contributed by atoms with van der Waals surface area (Å²) in [6.45, 7) is 1.20. The zero-order valence-corrected chi connectivity index (χ0v) is 13.3. The van der Waals surface area contributed by atoms with Gasteiger partial charge in [0.2, 0.25) is 0 Å². The fourth-order valence-corrected chi connectivity index (χ4v) is 2.83. The van der Waals surface area contributed by atoms with Crippen LogP contribution in [0.5, 0.6) is 5.75 Å². The molecule has 0 aromatic heterocycles. The van der Waals surface area contributed by atoms with Crippen molar-refractivity contribution in [2.75, 3.05) is 27.7 Å². The third-order valence-electron chi connectivity index (χ3n) is 4.20. The molecule has 1 aromatic rings. The van der Waals surface area contributed by atoms with Gasteiger partial charge < -0.3 is 14.5 Å². The number of carbonyl (C=O) groups excluding carboxylic acids is 1. The highest BCUT2D eigenvalue weighted by Gasteiger charge is 2.19. The number of hydrogen-bond donors (Lipinski definition) is 0. The molecule has 21 heavy (non-hydrogen) atoms. The highest BCUT2D eigenvalue weighted by molar-refractivity contribution is 5.70. The number of piperidine rings is 1. The van der Waals surface area contributed by atoms with E-state index in [-0.39, 0.29) is 6.09 Å². The number of amides is 1. The molecule has 116 valence electrons. The van der Waals surface area contributed by atoms with E-state index >= 15 is 0 Å². The number of benzene rings is 1. The molecule has 4 heteroatoms. The quantitative estimate of drug-likeness (QED) is 0.854. The van der Waals surface area contributed by atoms with Gasteiger partial charge in [-0.15, -0.1) is 0 Å². The summed E-state index contributed by atoms with van der Waals surface area (Å²) in [5.74, 6) is 0.690. The molecule has 1 atom stereocenters. The van der Waals surface area contributed by atoms with Gasteiger partial charge in [-0.2, -0.15) is 0 Å². The van der Waals surface area contributed by atoms with Gasteiger partial charge in [-0.3, -0.25) is 0 Å². The summed E-state index contributed by atoms with van der Waals surface area (Å²) in [5, 5.41) is 0. The summed E-state index contributed by atoms with van der Waals surface area (Å²) in [6.07, 6.45) is 5.66. The lowest BCUT2D eigenvalue weighted by molar-refractivity contribution is 0.169. The summed E-state index contributed by atoms with van der Waals surface area (Å²) >= 11 is 0. The second-order valence-electron chi connectivity index (χ2n) is 6.04. The maximum absolute atomic E-state index is 11.7. The zero-order valence-electron chi connectivity index (χ0n) is 13.3. The number of nitrogens with zero attached hydrogens (tertiary/aromatic N) is 2. The number of likely N-dealkylation sites (tertiary alicyclic amines) is 1. The van der Waals surface area contributed by atoms with Gasteiger partial charge in [-0.25, -0.2) is 4.79 Å². The summed E-state index contributed by atoms with van der Waals surface area (Å²) in [4.78, 5) is 15.6. The molecule has 1 amide bonds. The van der Waals surface area contributed by atoms with Crippen LogP contribution in [0, 0.1) is 0 Å². The minimum Gasteiger partial charge on any atom is -0.410 e. The molecule has 1 unspecified atom stereocenters. The van der Waals surface area contributed by atoms with Crippen LogP contribution in [-0.2, 0) is 6.42 Å². The summed E-state index contributed by atoms with van der Waals surface area (Å²) < 4.78 is 5.45. The molecule has 0 spiro atoms. The lowest BCUT2D eigenvalue weighted by Gasteiger charge is -2.32. The Morgan fingerprint density at radius 1 is 1.33 bits per heavy atom. The standard InChI is InChI=1S/C17H26N2O2/c1-18(2)17(20)21-16-10-5-4-8-14(16)11-12-15-9-6-7-13-19(15)3/h4-5,8,10,15H,6-7,9,11-13H2,1-3H3. The van der Waals surface area contributed by atoms with E-state index in [2.05, 4.69) is 18.0 Å². The van der Waals surface area contributed by atoms with Crippen molar-refractivity contribution in [1.29, 1.82) is 0 Å². The van der Waals surface area contributed by atoms with Crippen LogP contribution in [0.1, 0.15) is 31.2 Å². The Bertz CT molecular complexity index is 474. The van der Waals surface area contributed by atoms with E-state index < -0.39 is 0 Å². The number of carbonyl (C=O) groups is 1. The fourth-order valence-electron chi connectivity index (χ4n) is 2.83. The van der Waals surface area contributed by atoms with Gasteiger partial charge in [0.05, 0.1) is 0 Å². The van der Waals surface area contributed by atoms with Crippen molar-refractivity contribution >= 4 is 6.09 Å². The van der Waals surface area contributed by atoms with E-state index in [0.29, 0.717) is 11.8 Å². The normalized spacial score (nSPS) is 19.3. The zero-order chi connectivity index (χ0) is 15.2. The second-order valence-corrected chi connectivity index (χ2v) is 6.04. The predicted octanol–water partition coefficient (Wildman–Crippen LogP) is 3.16. The first kappa shape index (κ1) is 15.8. The van der Waals surface area contributed by atoms with Gasteiger partial charge in [0, 0.05) is 20.1 Å². The molecule has 0 radical (unpaired) electrons. The van der Waals surface area contributed by atoms with Gasteiger partial charge in [-0.05, 0) is 50.9 Å². The molecule has 1 fully saturated rings. The summed E-state index contributed by atoms with van der Waals surface area (Å²) in [6, 6.07) is 8.50. The molecule has 0 N–H and O–H groups in total. The molecule has 0 aliphatic carbocycles. The minimum atomic E-state index is -0.322. The van der Waals surface area contributed by atoms with Gasteiger partial charge in [0.25, 0.3) is 0 Å². The lowest BCUT2D eigenvalue weighted by atomic mass is 9.96. The smallest absolute Gasteiger partial charge is 0.410 e. The molecule has 1 heterocycles. The molecule has 0 bridgehead atoms. The van der Waals surface area contributed by atoms with E-state index in [1.165, 1.54) is 30.7 Å². The predicted molar refractivity (Wildman–Crippen MR) is 84.7 cm³/mol. The average molecular weight is 290 g/mol. The van der Waals surface area contributed by atoms with E-state index in [0.717, 1.165) is 18.4 Å². The first-order valence-electron chi connectivity index (χ1n) is 7.75. The Morgan fingerprint density at radius 3 is 2.81 bits per heavy atom. The molecule has 1 aliphatic heterocycles. The third-order valence-corrected chi connectivity index (χ3v) is 4.20. The summed E-state index contributed by atoms with van der Waals surface area (Å²) in [7, 11) is 5.60. The lowest BCUT2D eigenvalue weighted by Crippen LogP contribution is -2.36. The maximum atomic E-state index is 11.7. The van der Waals surface area contributed by atoms with Crippen LogP contribution in [-0.4, -0.2) is 49.6 Å². The molecule has 0 saturated carbocycles. The first-order valence-corrected chi connectivity index (χ1v) is 7.75. The Kier molecular flexibility index (Phi) is 5.62. The molecule has 2 rings (SSSR count). The highest BCUT2D eigenvalue weighted by Crippen LogP contribution is 2.24. The molecular formula is C17H26N2O2. The van der Waals surface area contributed by atoms with Gasteiger partial charge in [0.1, 0.15) is 5.75 Å². The van der Waals surface area contributed by atoms with Gasteiger partial charge in [-0.1, -0.05) is 24.6 Å². The molecule has 1 aliphatic rings. The third kappa shape index (κ3) is 4.46. The topological polar surface area (TPSA) is 32.8 Å². The van der Waals surface area contributed by atoms with E-state index in [1.54, 1.807) is 14.1 Å². The molecule has 1 saturated heterocycles. The van der Waals surface area contributed by atoms with Crippen LogP contribution < -0.4 is 4.74 Å². The van der Waals surface area contributed by atoms with Gasteiger partial charge in [0.15, 0.2) is 0 Å². The number of rotatable bonds is 4. The van der Waals surface area contributed by atoms with Crippen LogP contribution in [0.2, 0.25) is 0 Å². The van der Waals surface area contributed by atoms with Crippen molar-refractivity contribution in [3.63, 3.8) is 0 Å². The Morgan fingerprint density at radius 2 is 2.10 bits per heavy atom. The van der Waals surface area contributed by atoms with Crippen LogP contribution in [0.3, 0.4) is 0 Å². The van der Waals surface area contributed by atoms with Crippen molar-refractivity contribution in [2.45, 2.75) is 38.1 Å². The van der Waals surface area contributed by atoms with Crippen molar-refractivity contribution in [1.82, 2.24) is 9.80 Å². The second kappa shape index (κ2) is 7.46. The number of hydrogen-bond acceptors (Lipinski definition) is 3. The number of ether oxygens (including phenoxy) is 1. The van der Waals surface area contributed by atoms with Crippen molar-refractivity contribution in [3.8, 4) is 5.75 Å².